The molecule has 6 rings (SSSR count). The first-order chi connectivity index (χ1) is 20.6. The lowest BCUT2D eigenvalue weighted by Crippen LogP contribution is -2.45. The zero-order valence-electron chi connectivity index (χ0n) is 24.3. The number of nitrogens with one attached hydrogen (secondary N) is 1. The van der Waals surface area contributed by atoms with Gasteiger partial charge in [-0.2, -0.15) is 4.98 Å². The molecule has 6 heterocycles. The van der Waals surface area contributed by atoms with Crippen LogP contribution < -0.4 is 19.9 Å². The Bertz CT molecular complexity index is 1520. The van der Waals surface area contributed by atoms with Crippen molar-refractivity contribution in [3.05, 3.63) is 59.9 Å². The van der Waals surface area contributed by atoms with E-state index in [-0.39, 0.29) is 6.04 Å². The first-order valence-corrected chi connectivity index (χ1v) is 14.5. The fraction of sp³-hybridized carbons (Fsp3) is 0.433. The number of ether oxygens (including phenoxy) is 2. The van der Waals surface area contributed by atoms with E-state index in [4.69, 9.17) is 19.4 Å². The van der Waals surface area contributed by atoms with Gasteiger partial charge in [0, 0.05) is 54.4 Å². The number of rotatable bonds is 9. The molecule has 0 aromatic carbocycles. The predicted octanol–water partition coefficient (Wildman–Crippen LogP) is 4.14. The third kappa shape index (κ3) is 6.23. The lowest BCUT2D eigenvalue weighted by atomic mass is 10.0. The smallest absolute Gasteiger partial charge is 0.231 e. The third-order valence-corrected chi connectivity index (χ3v) is 7.44. The molecule has 1 N–H and O–H groups in total. The van der Waals surface area contributed by atoms with Crippen molar-refractivity contribution in [3.8, 4) is 17.3 Å². The van der Waals surface area contributed by atoms with Crippen molar-refractivity contribution in [1.29, 1.82) is 0 Å². The quantitative estimate of drug-likeness (QED) is 0.292. The Morgan fingerprint density at radius 2 is 2.00 bits per heavy atom. The molecule has 2 aliphatic heterocycles. The van der Waals surface area contributed by atoms with E-state index in [9.17, 15) is 0 Å². The highest BCUT2D eigenvalue weighted by atomic mass is 16.5. The first kappa shape index (κ1) is 27.7. The van der Waals surface area contributed by atoms with Gasteiger partial charge in [-0.1, -0.05) is 13.3 Å². The summed E-state index contributed by atoms with van der Waals surface area (Å²) in [5.41, 5.74) is 3.97. The van der Waals surface area contributed by atoms with Crippen molar-refractivity contribution in [2.45, 2.75) is 52.6 Å². The molecule has 1 fully saturated rings. The molecule has 1 saturated heterocycles. The van der Waals surface area contributed by atoms with Gasteiger partial charge in [-0.3, -0.25) is 0 Å². The zero-order valence-corrected chi connectivity index (χ0v) is 24.3. The van der Waals surface area contributed by atoms with E-state index in [0.717, 1.165) is 60.9 Å². The summed E-state index contributed by atoms with van der Waals surface area (Å²) in [6.45, 7) is 10.6. The molecule has 0 spiro atoms. The van der Waals surface area contributed by atoms with Crippen LogP contribution in [0.4, 0.5) is 23.4 Å². The number of nitrogens with zero attached hydrogens (tertiary/aromatic N) is 9. The molecule has 4 aromatic heterocycles. The van der Waals surface area contributed by atoms with Crippen molar-refractivity contribution in [2.75, 3.05) is 48.0 Å². The highest BCUT2D eigenvalue weighted by Crippen LogP contribution is 2.32. The van der Waals surface area contributed by atoms with Gasteiger partial charge in [0.05, 0.1) is 38.1 Å². The molecule has 0 radical (unpaired) electrons. The van der Waals surface area contributed by atoms with E-state index in [1.54, 1.807) is 24.8 Å². The molecule has 42 heavy (non-hydrogen) atoms. The van der Waals surface area contributed by atoms with Crippen LogP contribution in [0.15, 0.2) is 43.0 Å². The fourth-order valence-electron chi connectivity index (χ4n) is 5.15. The molecule has 0 bridgehead atoms. The Morgan fingerprint density at radius 1 is 1.07 bits per heavy atom. The molecule has 4 aromatic rings. The standard InChI is InChI=1S/C30H36N10O2/c1-4-5-13-42-27-8-10-31-30(37-27)36-25-7-6-22(16-32-25)28-35-24-17-39(26-15-20(2)33-19-34-26)11-9-23(24)29(38-28)40-12-14-41-18-21(40)3/h6-8,10,15-16,19,21H,4-5,9,11-14,17-18H2,1-3H3,(H,31,32,36,37). The van der Waals surface area contributed by atoms with Crippen LogP contribution in [0, 0.1) is 6.92 Å². The molecule has 2 aliphatic rings. The third-order valence-electron chi connectivity index (χ3n) is 7.44. The maximum atomic E-state index is 5.73. The van der Waals surface area contributed by atoms with Crippen LogP contribution in [0.5, 0.6) is 5.88 Å². The van der Waals surface area contributed by atoms with Crippen molar-refractivity contribution in [2.24, 2.45) is 0 Å². The van der Waals surface area contributed by atoms with Crippen molar-refractivity contribution in [1.82, 2.24) is 34.9 Å². The average molecular weight is 569 g/mol. The van der Waals surface area contributed by atoms with Gasteiger partial charge in [0.15, 0.2) is 5.82 Å². The van der Waals surface area contributed by atoms with E-state index < -0.39 is 0 Å². The lowest BCUT2D eigenvalue weighted by Gasteiger charge is -2.38. The normalized spacial score (nSPS) is 16.7. The van der Waals surface area contributed by atoms with Crippen molar-refractivity contribution >= 4 is 23.4 Å². The van der Waals surface area contributed by atoms with Crippen LogP contribution >= 0.6 is 0 Å². The SMILES string of the molecule is CCCCOc1ccnc(Nc2ccc(-c3nc4c(c(N5CCOCC5C)n3)CCN(c3cc(C)ncn3)C4)cn2)n1. The van der Waals surface area contributed by atoms with Crippen LogP contribution in [0.2, 0.25) is 0 Å². The largest absolute Gasteiger partial charge is 0.478 e. The number of pyridine rings is 1. The maximum absolute atomic E-state index is 5.73. The second-order valence-corrected chi connectivity index (χ2v) is 10.6. The summed E-state index contributed by atoms with van der Waals surface area (Å²) in [6, 6.07) is 7.85. The first-order valence-electron chi connectivity index (χ1n) is 14.5. The molecule has 0 amide bonds. The minimum atomic E-state index is 0.222. The average Bonchev–Trinajstić information content (AvgIpc) is 3.01. The van der Waals surface area contributed by atoms with Gasteiger partial charge in [0.1, 0.15) is 23.8 Å². The molecule has 12 heteroatoms. The second-order valence-electron chi connectivity index (χ2n) is 10.6. The number of hydrogen-bond donors (Lipinski definition) is 1. The van der Waals surface area contributed by atoms with Gasteiger partial charge >= 0.3 is 0 Å². The summed E-state index contributed by atoms with van der Waals surface area (Å²) < 4.78 is 11.4. The Hall–Kier alpha value is -4.45. The molecule has 1 unspecified atom stereocenters. The zero-order chi connectivity index (χ0) is 28.9. The van der Waals surface area contributed by atoms with E-state index in [2.05, 4.69) is 53.9 Å². The highest BCUT2D eigenvalue weighted by Gasteiger charge is 2.29. The van der Waals surface area contributed by atoms with E-state index in [1.807, 2.05) is 25.1 Å². The van der Waals surface area contributed by atoms with Crippen molar-refractivity contribution < 1.29 is 9.47 Å². The van der Waals surface area contributed by atoms with Gasteiger partial charge in [-0.25, -0.2) is 29.9 Å². The number of morpholine rings is 1. The monoisotopic (exact) mass is 568 g/mol. The minimum absolute atomic E-state index is 0.222. The number of unbranched alkanes of at least 4 members (excludes halogenated alkanes) is 1. The summed E-state index contributed by atoms with van der Waals surface area (Å²) in [5, 5.41) is 3.17. The van der Waals surface area contributed by atoms with Gasteiger partial charge in [0.2, 0.25) is 11.8 Å². The summed E-state index contributed by atoms with van der Waals surface area (Å²) in [5.74, 6) is 4.13. The summed E-state index contributed by atoms with van der Waals surface area (Å²) >= 11 is 0. The molecular weight excluding hydrogens is 532 g/mol. The Kier molecular flexibility index (Phi) is 8.31. The van der Waals surface area contributed by atoms with Gasteiger partial charge in [-0.05, 0) is 38.8 Å². The van der Waals surface area contributed by atoms with Crippen LogP contribution in [-0.4, -0.2) is 73.8 Å². The van der Waals surface area contributed by atoms with Crippen LogP contribution in [0.3, 0.4) is 0 Å². The number of aryl methyl sites for hydroxylation is 1. The molecular formula is C30H36N10O2. The number of fused-ring (bicyclic) bond motifs is 1. The van der Waals surface area contributed by atoms with Gasteiger partial charge in [-0.15, -0.1) is 0 Å². The number of aromatic nitrogens is 7. The summed E-state index contributed by atoms with van der Waals surface area (Å²) in [6.07, 6.45) is 7.95. The van der Waals surface area contributed by atoms with E-state index >= 15 is 0 Å². The highest BCUT2D eigenvalue weighted by molar-refractivity contribution is 5.63. The molecule has 1 atom stereocenters. The summed E-state index contributed by atoms with van der Waals surface area (Å²) in [4.78, 5) is 36.9. The summed E-state index contributed by atoms with van der Waals surface area (Å²) in [7, 11) is 0. The minimum Gasteiger partial charge on any atom is -0.478 e. The lowest BCUT2D eigenvalue weighted by molar-refractivity contribution is 0.0984. The van der Waals surface area contributed by atoms with Gasteiger partial charge in [0.25, 0.3) is 0 Å². The maximum Gasteiger partial charge on any atom is 0.231 e. The van der Waals surface area contributed by atoms with Crippen LogP contribution in [-0.2, 0) is 17.7 Å². The molecule has 0 saturated carbocycles. The number of anilines is 4. The van der Waals surface area contributed by atoms with Gasteiger partial charge < -0.3 is 24.6 Å². The van der Waals surface area contributed by atoms with Crippen LogP contribution in [0.25, 0.3) is 11.4 Å². The second kappa shape index (κ2) is 12.6. The topological polar surface area (TPSA) is 127 Å². The predicted molar refractivity (Wildman–Crippen MR) is 160 cm³/mol. The Morgan fingerprint density at radius 3 is 2.81 bits per heavy atom. The Balaban J connectivity index is 1.27. The Labute approximate surface area is 245 Å². The molecule has 12 nitrogen and oxygen atoms in total. The fourth-order valence-corrected chi connectivity index (χ4v) is 5.15. The number of hydrogen-bond acceptors (Lipinski definition) is 12. The molecule has 218 valence electrons. The van der Waals surface area contributed by atoms with E-state index in [1.165, 1.54) is 5.56 Å². The van der Waals surface area contributed by atoms with E-state index in [0.29, 0.717) is 49.8 Å². The molecule has 0 aliphatic carbocycles. The van der Waals surface area contributed by atoms with Crippen LogP contribution in [0.1, 0.15) is 43.6 Å². The van der Waals surface area contributed by atoms with Crippen molar-refractivity contribution in [3.63, 3.8) is 0 Å².